The van der Waals surface area contributed by atoms with Crippen LogP contribution in [0.5, 0.6) is 0 Å². The minimum atomic E-state index is -4.38. The lowest BCUT2D eigenvalue weighted by Gasteiger charge is -2.51. The standard InChI is InChI=1S/C22H31F3N4O/c1-27-8-10-28(11-9-27)14-18-15-29-7-6-17(18)12-20(29)13-26-21(30)16-2-4-19(5-3-16)22(23,24)25/h2-5,17-18,20H,6-15H2,1H3,(H,26,30)/t17-,18+,20+/m0/s1. The third kappa shape index (κ3) is 4.98. The molecule has 1 amide bonds. The molecule has 4 fully saturated rings. The van der Waals surface area contributed by atoms with Gasteiger partial charge in [-0.3, -0.25) is 9.69 Å². The van der Waals surface area contributed by atoms with Crippen LogP contribution in [0.3, 0.4) is 0 Å². The molecule has 4 aliphatic rings. The van der Waals surface area contributed by atoms with Crippen molar-refractivity contribution in [2.24, 2.45) is 11.8 Å². The van der Waals surface area contributed by atoms with Crippen LogP contribution in [-0.2, 0) is 6.18 Å². The highest BCUT2D eigenvalue weighted by atomic mass is 19.4. The van der Waals surface area contributed by atoms with Gasteiger partial charge >= 0.3 is 6.18 Å². The molecule has 0 radical (unpaired) electrons. The van der Waals surface area contributed by atoms with Crippen molar-refractivity contribution in [2.75, 3.05) is 59.4 Å². The predicted molar refractivity (Wildman–Crippen MR) is 109 cm³/mol. The van der Waals surface area contributed by atoms with Crippen LogP contribution < -0.4 is 5.32 Å². The van der Waals surface area contributed by atoms with Crippen molar-refractivity contribution in [3.05, 3.63) is 35.4 Å². The van der Waals surface area contributed by atoms with Gasteiger partial charge in [-0.2, -0.15) is 13.2 Å². The molecule has 4 heterocycles. The molecule has 1 unspecified atom stereocenters. The molecule has 4 saturated heterocycles. The monoisotopic (exact) mass is 424 g/mol. The number of carbonyl (C=O) groups is 1. The molecule has 5 rings (SSSR count). The third-order valence-electron chi connectivity index (χ3n) is 7.08. The zero-order valence-electron chi connectivity index (χ0n) is 17.5. The molecule has 1 aromatic carbocycles. The first kappa shape index (κ1) is 21.6. The molecule has 166 valence electrons. The second-order valence-corrected chi connectivity index (χ2v) is 9.08. The van der Waals surface area contributed by atoms with Crippen LogP contribution in [0, 0.1) is 11.8 Å². The second kappa shape index (κ2) is 8.85. The fourth-order valence-corrected chi connectivity index (χ4v) is 5.15. The normalized spacial score (nSPS) is 30.4. The number of hydrogen-bond acceptors (Lipinski definition) is 4. The molecule has 2 bridgehead atoms. The average molecular weight is 425 g/mol. The van der Waals surface area contributed by atoms with E-state index in [1.165, 1.54) is 25.1 Å². The van der Waals surface area contributed by atoms with Gasteiger partial charge in [-0.15, -0.1) is 0 Å². The van der Waals surface area contributed by atoms with E-state index < -0.39 is 11.7 Å². The largest absolute Gasteiger partial charge is 0.416 e. The van der Waals surface area contributed by atoms with E-state index in [0.717, 1.165) is 57.8 Å². The van der Waals surface area contributed by atoms with Crippen molar-refractivity contribution in [3.8, 4) is 0 Å². The fourth-order valence-electron chi connectivity index (χ4n) is 5.15. The Morgan fingerprint density at radius 2 is 1.80 bits per heavy atom. The molecule has 30 heavy (non-hydrogen) atoms. The molecule has 4 aliphatic heterocycles. The van der Waals surface area contributed by atoms with Crippen LogP contribution in [0.25, 0.3) is 0 Å². The van der Waals surface area contributed by atoms with Crippen molar-refractivity contribution in [1.82, 2.24) is 20.0 Å². The molecule has 5 nitrogen and oxygen atoms in total. The first-order valence-electron chi connectivity index (χ1n) is 10.9. The SMILES string of the molecule is CN1CCN(C[C@@H]2CN3CC[C@H]2C[C@@H]3CNC(=O)c2ccc(C(F)(F)F)cc2)CC1. The van der Waals surface area contributed by atoms with Crippen molar-refractivity contribution < 1.29 is 18.0 Å². The van der Waals surface area contributed by atoms with Crippen LogP contribution in [0.4, 0.5) is 13.2 Å². The number of amides is 1. The number of carbonyl (C=O) groups excluding carboxylic acids is 1. The van der Waals surface area contributed by atoms with Gasteiger partial charge in [0.2, 0.25) is 0 Å². The highest BCUT2D eigenvalue weighted by molar-refractivity contribution is 5.94. The van der Waals surface area contributed by atoms with E-state index in [9.17, 15) is 18.0 Å². The first-order chi connectivity index (χ1) is 14.3. The third-order valence-corrected chi connectivity index (χ3v) is 7.08. The molecule has 0 aliphatic carbocycles. The number of halogens is 3. The minimum absolute atomic E-state index is 0.270. The summed E-state index contributed by atoms with van der Waals surface area (Å²) in [5.74, 6) is 1.09. The summed E-state index contributed by atoms with van der Waals surface area (Å²) < 4.78 is 38.1. The lowest BCUT2D eigenvalue weighted by atomic mass is 9.75. The molecule has 0 aromatic heterocycles. The van der Waals surface area contributed by atoms with Gasteiger partial charge in [0.1, 0.15) is 0 Å². The van der Waals surface area contributed by atoms with Gasteiger partial charge in [-0.1, -0.05) is 0 Å². The molecule has 8 heteroatoms. The maximum Gasteiger partial charge on any atom is 0.416 e. The Bertz CT molecular complexity index is 731. The van der Waals surface area contributed by atoms with E-state index in [2.05, 4.69) is 27.1 Å². The molecule has 0 saturated carbocycles. The Labute approximate surface area is 176 Å². The van der Waals surface area contributed by atoms with Gasteiger partial charge in [0.05, 0.1) is 5.56 Å². The Morgan fingerprint density at radius 3 is 2.40 bits per heavy atom. The zero-order valence-corrected chi connectivity index (χ0v) is 17.5. The van der Waals surface area contributed by atoms with Gasteiger partial charge < -0.3 is 15.1 Å². The summed E-state index contributed by atoms with van der Waals surface area (Å²) in [6.07, 6.45) is -2.07. The predicted octanol–water partition coefficient (Wildman–Crippen LogP) is 2.39. The smallest absolute Gasteiger partial charge is 0.350 e. The lowest BCUT2D eigenvalue weighted by Crippen LogP contribution is -2.59. The maximum atomic E-state index is 12.7. The van der Waals surface area contributed by atoms with E-state index in [0.29, 0.717) is 24.4 Å². The fraction of sp³-hybridized carbons (Fsp3) is 0.682. The number of piperidine rings is 3. The summed E-state index contributed by atoms with van der Waals surface area (Å²) in [4.78, 5) is 19.8. The number of benzene rings is 1. The van der Waals surface area contributed by atoms with Gasteiger partial charge in [0.15, 0.2) is 0 Å². The number of hydrogen-bond donors (Lipinski definition) is 1. The summed E-state index contributed by atoms with van der Waals surface area (Å²) in [6.45, 7) is 8.44. The van der Waals surface area contributed by atoms with Crippen molar-refractivity contribution in [2.45, 2.75) is 25.1 Å². The molecule has 1 aromatic rings. The first-order valence-corrected chi connectivity index (χ1v) is 10.9. The number of fused-ring (bicyclic) bond motifs is 3. The number of piperazine rings is 1. The summed E-state index contributed by atoms with van der Waals surface area (Å²) in [5.41, 5.74) is -0.465. The molecular formula is C22H31F3N4O. The average Bonchev–Trinajstić information content (AvgIpc) is 2.74. The lowest BCUT2D eigenvalue weighted by molar-refractivity contribution is -0.137. The van der Waals surface area contributed by atoms with E-state index in [4.69, 9.17) is 0 Å². The Kier molecular flexibility index (Phi) is 6.36. The molecule has 4 atom stereocenters. The number of likely N-dealkylation sites (N-methyl/N-ethyl adjacent to an activating group) is 1. The van der Waals surface area contributed by atoms with Gasteiger partial charge in [-0.25, -0.2) is 0 Å². The highest BCUT2D eigenvalue weighted by Gasteiger charge is 2.40. The van der Waals surface area contributed by atoms with Gasteiger partial charge in [-0.05, 0) is 62.5 Å². The number of rotatable bonds is 5. The van der Waals surface area contributed by atoms with Crippen molar-refractivity contribution in [3.63, 3.8) is 0 Å². The number of nitrogens with zero attached hydrogens (tertiary/aromatic N) is 3. The van der Waals surface area contributed by atoms with E-state index in [1.54, 1.807) is 0 Å². The van der Waals surface area contributed by atoms with E-state index >= 15 is 0 Å². The Hall–Kier alpha value is -1.64. The van der Waals surface area contributed by atoms with Gasteiger partial charge in [0.25, 0.3) is 5.91 Å². The quantitative estimate of drug-likeness (QED) is 0.788. The summed E-state index contributed by atoms with van der Waals surface area (Å²) in [6, 6.07) is 4.74. The Balaban J connectivity index is 1.26. The highest BCUT2D eigenvalue weighted by Crippen LogP contribution is 2.36. The van der Waals surface area contributed by atoms with Crippen LogP contribution in [0.15, 0.2) is 24.3 Å². The summed E-state index contributed by atoms with van der Waals surface area (Å²) in [5, 5.41) is 2.94. The van der Waals surface area contributed by atoms with Crippen LogP contribution in [-0.4, -0.2) is 86.1 Å². The number of nitrogens with one attached hydrogen (secondary N) is 1. The topological polar surface area (TPSA) is 38.8 Å². The maximum absolute atomic E-state index is 12.7. The molecule has 0 spiro atoms. The van der Waals surface area contributed by atoms with E-state index in [-0.39, 0.29) is 11.5 Å². The van der Waals surface area contributed by atoms with Crippen LogP contribution >= 0.6 is 0 Å². The Morgan fingerprint density at radius 1 is 1.10 bits per heavy atom. The number of alkyl halides is 3. The molecular weight excluding hydrogens is 393 g/mol. The van der Waals surface area contributed by atoms with Crippen LogP contribution in [0.2, 0.25) is 0 Å². The minimum Gasteiger partial charge on any atom is -0.350 e. The summed E-state index contributed by atoms with van der Waals surface area (Å²) >= 11 is 0. The van der Waals surface area contributed by atoms with Crippen molar-refractivity contribution >= 4 is 5.91 Å². The zero-order chi connectivity index (χ0) is 21.3. The van der Waals surface area contributed by atoms with Crippen molar-refractivity contribution in [1.29, 1.82) is 0 Å². The van der Waals surface area contributed by atoms with Gasteiger partial charge in [0, 0.05) is 57.4 Å². The summed E-state index contributed by atoms with van der Waals surface area (Å²) in [7, 11) is 2.18. The second-order valence-electron chi connectivity index (χ2n) is 9.08. The van der Waals surface area contributed by atoms with Crippen LogP contribution in [0.1, 0.15) is 28.8 Å². The molecule has 1 N–H and O–H groups in total. The van der Waals surface area contributed by atoms with E-state index in [1.807, 2.05) is 0 Å².